The summed E-state index contributed by atoms with van der Waals surface area (Å²) in [6.45, 7) is 2.11. The molecular formula is C16H22N6O3S. The molecule has 3 heterocycles. The number of nitrogens with one attached hydrogen (secondary N) is 2. The zero-order valence-corrected chi connectivity index (χ0v) is 15.3. The minimum Gasteiger partial charge on any atom is -0.481 e. The van der Waals surface area contributed by atoms with Crippen LogP contribution in [0.25, 0.3) is 0 Å². The minimum absolute atomic E-state index is 0.287. The van der Waals surface area contributed by atoms with E-state index in [2.05, 4.69) is 26.0 Å². The molecule has 26 heavy (non-hydrogen) atoms. The number of aryl methyl sites for hydroxylation is 1. The summed E-state index contributed by atoms with van der Waals surface area (Å²) in [6.07, 6.45) is 4.85. The molecule has 3 N–H and O–H groups in total. The number of carboxylic acids is 1. The van der Waals surface area contributed by atoms with Gasteiger partial charge in [-0.1, -0.05) is 0 Å². The standard InChI is InChI=1S/C16H22N6O3S/c1-22-10-20-21-16(22)26-14-3-2-13(25-14)9-19-18-5-4-11-6-12(15(23)24)8-17-7-11/h2-3,9-12,17-18H,4-8H2,1H3,(H,23,24)/b19-9+/t11-,12+/m0/s1. The van der Waals surface area contributed by atoms with Crippen molar-refractivity contribution >= 4 is 23.9 Å². The summed E-state index contributed by atoms with van der Waals surface area (Å²) in [4.78, 5) is 11.1. The molecular weight excluding hydrogens is 356 g/mol. The predicted molar refractivity (Wildman–Crippen MR) is 96.2 cm³/mol. The van der Waals surface area contributed by atoms with Gasteiger partial charge >= 0.3 is 5.97 Å². The van der Waals surface area contributed by atoms with E-state index in [1.807, 2.05) is 23.7 Å². The molecule has 2 aromatic rings. The van der Waals surface area contributed by atoms with Crippen molar-refractivity contribution < 1.29 is 14.3 Å². The van der Waals surface area contributed by atoms with E-state index < -0.39 is 5.97 Å². The van der Waals surface area contributed by atoms with Crippen molar-refractivity contribution in [2.24, 2.45) is 24.0 Å². The highest BCUT2D eigenvalue weighted by molar-refractivity contribution is 7.99. The van der Waals surface area contributed by atoms with Crippen LogP contribution < -0.4 is 10.7 Å². The van der Waals surface area contributed by atoms with Crippen LogP contribution in [0, 0.1) is 11.8 Å². The molecule has 0 aliphatic carbocycles. The minimum atomic E-state index is -0.721. The van der Waals surface area contributed by atoms with Crippen LogP contribution in [0.1, 0.15) is 18.6 Å². The molecule has 2 atom stereocenters. The first-order chi connectivity index (χ1) is 12.6. The van der Waals surface area contributed by atoms with Gasteiger partial charge in [0.05, 0.1) is 12.1 Å². The molecule has 2 aromatic heterocycles. The zero-order valence-electron chi connectivity index (χ0n) is 14.5. The largest absolute Gasteiger partial charge is 0.481 e. The second kappa shape index (κ2) is 8.86. The Hall–Kier alpha value is -2.33. The molecule has 9 nitrogen and oxygen atoms in total. The highest BCUT2D eigenvalue weighted by Gasteiger charge is 2.26. The van der Waals surface area contributed by atoms with Crippen molar-refractivity contribution in [2.45, 2.75) is 23.1 Å². The molecule has 1 saturated heterocycles. The van der Waals surface area contributed by atoms with Gasteiger partial charge in [-0.15, -0.1) is 10.2 Å². The van der Waals surface area contributed by atoms with Gasteiger partial charge in [-0.3, -0.25) is 4.79 Å². The van der Waals surface area contributed by atoms with Gasteiger partial charge in [-0.25, -0.2) is 0 Å². The lowest BCUT2D eigenvalue weighted by Gasteiger charge is -2.27. The van der Waals surface area contributed by atoms with Gasteiger partial charge in [0.15, 0.2) is 10.2 Å². The number of rotatable bonds is 8. The number of aromatic nitrogens is 3. The summed E-state index contributed by atoms with van der Waals surface area (Å²) in [5.41, 5.74) is 2.99. The number of hydrazone groups is 1. The van der Waals surface area contributed by atoms with Gasteiger partial charge in [0.2, 0.25) is 0 Å². The average Bonchev–Trinajstić information content (AvgIpc) is 3.24. The third-order valence-electron chi connectivity index (χ3n) is 4.20. The Morgan fingerprint density at radius 3 is 3.23 bits per heavy atom. The third-order valence-corrected chi connectivity index (χ3v) is 5.17. The van der Waals surface area contributed by atoms with E-state index in [-0.39, 0.29) is 5.92 Å². The molecule has 0 saturated carbocycles. The summed E-state index contributed by atoms with van der Waals surface area (Å²) in [5, 5.41) is 25.7. The number of carboxylic acid groups (broad SMARTS) is 1. The lowest BCUT2D eigenvalue weighted by Crippen LogP contribution is -2.40. The first-order valence-corrected chi connectivity index (χ1v) is 9.24. The quantitative estimate of drug-likeness (QED) is 0.356. The summed E-state index contributed by atoms with van der Waals surface area (Å²) >= 11 is 1.39. The zero-order chi connectivity index (χ0) is 18.4. The van der Waals surface area contributed by atoms with Gasteiger partial charge in [0.1, 0.15) is 12.1 Å². The summed E-state index contributed by atoms with van der Waals surface area (Å²) in [5.74, 6) is -0.00999. The molecule has 1 aliphatic rings. The van der Waals surface area contributed by atoms with Gasteiger partial charge in [0.25, 0.3) is 0 Å². The van der Waals surface area contributed by atoms with Gasteiger partial charge in [-0.05, 0) is 49.2 Å². The SMILES string of the molecule is Cn1cnnc1Sc1ccc(/C=N/NCC[C@@H]2CNC[C@H](C(=O)O)C2)o1. The maximum atomic E-state index is 11.1. The van der Waals surface area contributed by atoms with Gasteiger partial charge in [-0.2, -0.15) is 5.10 Å². The number of furan rings is 1. The molecule has 3 rings (SSSR count). The molecule has 0 aromatic carbocycles. The van der Waals surface area contributed by atoms with Crippen LogP contribution in [0.4, 0.5) is 0 Å². The van der Waals surface area contributed by atoms with Crippen molar-refractivity contribution in [2.75, 3.05) is 19.6 Å². The van der Waals surface area contributed by atoms with E-state index in [0.29, 0.717) is 31.2 Å². The van der Waals surface area contributed by atoms with Crippen LogP contribution in [0.5, 0.6) is 0 Å². The Kier molecular flexibility index (Phi) is 6.29. The number of aliphatic carboxylic acids is 1. The molecule has 0 amide bonds. The summed E-state index contributed by atoms with van der Waals surface area (Å²) in [6, 6.07) is 3.70. The number of hydrogen-bond acceptors (Lipinski definition) is 8. The normalized spacial score (nSPS) is 20.5. The number of carbonyl (C=O) groups is 1. The molecule has 1 aliphatic heterocycles. The van der Waals surface area contributed by atoms with E-state index in [9.17, 15) is 4.79 Å². The monoisotopic (exact) mass is 378 g/mol. The fourth-order valence-electron chi connectivity index (χ4n) is 2.79. The van der Waals surface area contributed by atoms with E-state index in [0.717, 1.165) is 23.2 Å². The lowest BCUT2D eigenvalue weighted by molar-refractivity contribution is -0.142. The third kappa shape index (κ3) is 5.09. The van der Waals surface area contributed by atoms with Gasteiger partial charge in [0, 0.05) is 20.1 Å². The molecule has 0 spiro atoms. The Bertz CT molecular complexity index is 759. The molecule has 10 heteroatoms. The Balaban J connectivity index is 1.39. The predicted octanol–water partition coefficient (Wildman–Crippen LogP) is 1.18. The van der Waals surface area contributed by atoms with Crippen LogP contribution in [-0.4, -0.2) is 51.7 Å². The van der Waals surface area contributed by atoms with Crippen molar-refractivity contribution in [3.63, 3.8) is 0 Å². The average molecular weight is 378 g/mol. The van der Waals surface area contributed by atoms with Crippen LogP contribution in [0.2, 0.25) is 0 Å². The Morgan fingerprint density at radius 1 is 1.58 bits per heavy atom. The number of piperidine rings is 1. The second-order valence-electron chi connectivity index (χ2n) is 6.23. The van der Waals surface area contributed by atoms with Crippen molar-refractivity contribution in [1.82, 2.24) is 25.5 Å². The summed E-state index contributed by atoms with van der Waals surface area (Å²) in [7, 11) is 1.87. The van der Waals surface area contributed by atoms with Crippen molar-refractivity contribution in [1.29, 1.82) is 0 Å². The lowest BCUT2D eigenvalue weighted by atomic mass is 9.88. The highest BCUT2D eigenvalue weighted by Crippen LogP contribution is 2.26. The van der Waals surface area contributed by atoms with E-state index in [1.54, 1.807) is 12.5 Å². The highest BCUT2D eigenvalue weighted by atomic mass is 32.2. The fraction of sp³-hybridized carbons (Fsp3) is 0.500. The van der Waals surface area contributed by atoms with E-state index >= 15 is 0 Å². The van der Waals surface area contributed by atoms with Crippen molar-refractivity contribution in [3.05, 3.63) is 24.2 Å². The number of nitrogens with zero attached hydrogens (tertiary/aromatic N) is 4. The molecule has 0 unspecified atom stereocenters. The topological polar surface area (TPSA) is 118 Å². The molecule has 1 fully saturated rings. The first kappa shape index (κ1) is 18.5. The Morgan fingerprint density at radius 2 is 2.46 bits per heavy atom. The smallest absolute Gasteiger partial charge is 0.307 e. The molecule has 0 radical (unpaired) electrons. The van der Waals surface area contributed by atoms with Crippen LogP contribution in [0.3, 0.4) is 0 Å². The second-order valence-corrected chi connectivity index (χ2v) is 7.21. The van der Waals surface area contributed by atoms with Crippen molar-refractivity contribution in [3.8, 4) is 0 Å². The molecule has 0 bridgehead atoms. The fourth-order valence-corrected chi connectivity index (χ4v) is 3.53. The maximum Gasteiger partial charge on any atom is 0.307 e. The summed E-state index contributed by atoms with van der Waals surface area (Å²) < 4.78 is 7.48. The maximum absolute atomic E-state index is 11.1. The van der Waals surface area contributed by atoms with Crippen LogP contribution >= 0.6 is 11.8 Å². The molecule has 140 valence electrons. The first-order valence-electron chi connectivity index (χ1n) is 8.43. The van der Waals surface area contributed by atoms with Crippen LogP contribution in [0.15, 0.2) is 38.2 Å². The Labute approximate surface area is 155 Å². The van der Waals surface area contributed by atoms with E-state index in [1.165, 1.54) is 11.8 Å². The number of hydrogen-bond donors (Lipinski definition) is 3. The van der Waals surface area contributed by atoms with Crippen LogP contribution in [-0.2, 0) is 11.8 Å². The van der Waals surface area contributed by atoms with Gasteiger partial charge < -0.3 is 24.8 Å². The van der Waals surface area contributed by atoms with E-state index in [4.69, 9.17) is 9.52 Å².